The van der Waals surface area contributed by atoms with Crippen LogP contribution in [0.25, 0.3) is 0 Å². The fraction of sp³-hybridized carbons (Fsp3) is 0.600. The van der Waals surface area contributed by atoms with Crippen LogP contribution in [-0.2, 0) is 6.54 Å². The molecule has 3 N–H and O–H groups in total. The minimum absolute atomic E-state index is 0.0641. The van der Waals surface area contributed by atoms with Crippen molar-refractivity contribution in [2.75, 3.05) is 6.54 Å². The summed E-state index contributed by atoms with van der Waals surface area (Å²) < 4.78 is 0. The number of amidine groups is 1. The van der Waals surface area contributed by atoms with Gasteiger partial charge in [0.1, 0.15) is 5.01 Å². The van der Waals surface area contributed by atoms with E-state index in [-0.39, 0.29) is 6.04 Å². The van der Waals surface area contributed by atoms with Crippen LogP contribution in [0, 0.1) is 6.92 Å². The van der Waals surface area contributed by atoms with E-state index in [4.69, 9.17) is 10.9 Å². The first-order chi connectivity index (χ1) is 7.70. The van der Waals surface area contributed by atoms with Crippen molar-refractivity contribution in [2.45, 2.75) is 32.4 Å². The Kier molecular flexibility index (Phi) is 3.40. The summed E-state index contributed by atoms with van der Waals surface area (Å²) in [4.78, 5) is 6.64. The maximum atomic E-state index is 8.71. The highest BCUT2D eigenvalue weighted by Crippen LogP contribution is 2.21. The van der Waals surface area contributed by atoms with Gasteiger partial charge in [-0.3, -0.25) is 4.90 Å². The maximum Gasteiger partial charge on any atom is 0.156 e. The van der Waals surface area contributed by atoms with Gasteiger partial charge in [0, 0.05) is 11.1 Å². The highest BCUT2D eigenvalue weighted by Gasteiger charge is 2.28. The third kappa shape index (κ3) is 2.33. The fourth-order valence-corrected chi connectivity index (χ4v) is 2.86. The van der Waals surface area contributed by atoms with Crippen molar-refractivity contribution >= 4 is 17.2 Å². The minimum atomic E-state index is 0.0641. The topological polar surface area (TPSA) is 74.7 Å². The Morgan fingerprint density at radius 2 is 2.62 bits per heavy atom. The molecular formula is C10H16N4OS. The highest BCUT2D eigenvalue weighted by molar-refractivity contribution is 7.09. The van der Waals surface area contributed by atoms with Gasteiger partial charge in [-0.1, -0.05) is 5.16 Å². The van der Waals surface area contributed by atoms with Crippen LogP contribution in [0.15, 0.2) is 10.5 Å². The minimum Gasteiger partial charge on any atom is -0.409 e. The number of nitrogens with zero attached hydrogens (tertiary/aromatic N) is 3. The lowest BCUT2D eigenvalue weighted by Gasteiger charge is -2.21. The van der Waals surface area contributed by atoms with E-state index in [1.807, 2.05) is 12.3 Å². The van der Waals surface area contributed by atoms with Crippen LogP contribution in [0.3, 0.4) is 0 Å². The van der Waals surface area contributed by atoms with Gasteiger partial charge in [0.25, 0.3) is 0 Å². The summed E-state index contributed by atoms with van der Waals surface area (Å²) in [6.45, 7) is 3.77. The van der Waals surface area contributed by atoms with Crippen LogP contribution >= 0.6 is 11.3 Å². The molecule has 5 nitrogen and oxygen atoms in total. The molecule has 0 amide bonds. The molecule has 0 aliphatic carbocycles. The molecule has 0 spiro atoms. The van der Waals surface area contributed by atoms with E-state index in [0.717, 1.165) is 36.6 Å². The van der Waals surface area contributed by atoms with E-state index in [1.54, 1.807) is 11.3 Å². The summed E-state index contributed by atoms with van der Waals surface area (Å²) in [5.74, 6) is 0.311. The first kappa shape index (κ1) is 11.3. The molecule has 1 fully saturated rings. The zero-order valence-electron chi connectivity index (χ0n) is 9.26. The Hall–Kier alpha value is -1.14. The monoisotopic (exact) mass is 240 g/mol. The van der Waals surface area contributed by atoms with E-state index in [0.29, 0.717) is 5.84 Å². The second kappa shape index (κ2) is 4.80. The summed E-state index contributed by atoms with van der Waals surface area (Å²) in [7, 11) is 0. The molecule has 16 heavy (non-hydrogen) atoms. The van der Waals surface area contributed by atoms with Crippen molar-refractivity contribution in [3.63, 3.8) is 0 Å². The zero-order chi connectivity index (χ0) is 11.5. The molecule has 2 rings (SSSR count). The van der Waals surface area contributed by atoms with Gasteiger partial charge in [-0.25, -0.2) is 4.98 Å². The van der Waals surface area contributed by atoms with Gasteiger partial charge < -0.3 is 10.9 Å². The molecule has 1 unspecified atom stereocenters. The lowest BCUT2D eigenvalue weighted by molar-refractivity contribution is 0.274. The predicted octanol–water partition coefficient (Wildman–Crippen LogP) is 1.16. The third-order valence-electron chi connectivity index (χ3n) is 2.83. The summed E-state index contributed by atoms with van der Waals surface area (Å²) in [6, 6.07) is 0.0641. The van der Waals surface area contributed by atoms with Crippen molar-refractivity contribution in [2.24, 2.45) is 10.9 Å². The number of hydrogen-bond acceptors (Lipinski definition) is 5. The molecule has 1 aromatic heterocycles. The van der Waals surface area contributed by atoms with Gasteiger partial charge in [-0.05, 0) is 26.3 Å². The van der Waals surface area contributed by atoms with E-state index >= 15 is 0 Å². The molecule has 1 atom stereocenters. The summed E-state index contributed by atoms with van der Waals surface area (Å²) in [5, 5.41) is 14.9. The van der Waals surface area contributed by atoms with Crippen LogP contribution in [0.1, 0.15) is 23.5 Å². The number of likely N-dealkylation sites (tertiary alicyclic amines) is 1. The van der Waals surface area contributed by atoms with Crippen LogP contribution in [-0.4, -0.2) is 33.5 Å². The molecule has 1 aliphatic rings. The van der Waals surface area contributed by atoms with Gasteiger partial charge >= 0.3 is 0 Å². The van der Waals surface area contributed by atoms with Crippen molar-refractivity contribution in [3.8, 4) is 0 Å². The van der Waals surface area contributed by atoms with E-state index in [9.17, 15) is 0 Å². The Morgan fingerprint density at radius 1 is 1.81 bits per heavy atom. The second-order valence-electron chi connectivity index (χ2n) is 4.04. The van der Waals surface area contributed by atoms with Crippen LogP contribution in [0.2, 0.25) is 0 Å². The number of rotatable bonds is 3. The molecule has 0 aromatic carbocycles. The maximum absolute atomic E-state index is 8.71. The Bertz CT molecular complexity index is 390. The molecule has 88 valence electrons. The lowest BCUT2D eigenvalue weighted by atomic mass is 10.2. The van der Waals surface area contributed by atoms with Gasteiger partial charge in [0.05, 0.1) is 12.6 Å². The molecular weight excluding hydrogens is 224 g/mol. The average molecular weight is 240 g/mol. The standard InChI is InChI=1S/C10H16N4OS/c1-7-6-16-9(12-7)5-14-4-2-3-8(14)10(11)13-15/h6,8,15H,2-5H2,1H3,(H2,11,13). The molecule has 0 bridgehead atoms. The number of nitrogens with two attached hydrogens (primary N) is 1. The Labute approximate surface area is 98.6 Å². The number of aryl methyl sites for hydroxylation is 1. The van der Waals surface area contributed by atoms with Crippen molar-refractivity contribution in [3.05, 3.63) is 16.1 Å². The normalized spacial score (nSPS) is 22.8. The van der Waals surface area contributed by atoms with Crippen molar-refractivity contribution in [1.29, 1.82) is 0 Å². The first-order valence-electron chi connectivity index (χ1n) is 5.33. The van der Waals surface area contributed by atoms with Gasteiger partial charge in [-0.15, -0.1) is 11.3 Å². The number of oxime groups is 1. The number of hydrogen-bond donors (Lipinski definition) is 2. The van der Waals surface area contributed by atoms with E-state index in [1.165, 1.54) is 0 Å². The zero-order valence-corrected chi connectivity index (χ0v) is 10.1. The number of thiazole rings is 1. The summed E-state index contributed by atoms with van der Waals surface area (Å²) in [6.07, 6.45) is 2.05. The van der Waals surface area contributed by atoms with Gasteiger partial charge in [0.2, 0.25) is 0 Å². The first-order valence-corrected chi connectivity index (χ1v) is 6.21. The molecule has 2 heterocycles. The third-order valence-corrected chi connectivity index (χ3v) is 3.78. The second-order valence-corrected chi connectivity index (χ2v) is 4.98. The van der Waals surface area contributed by atoms with Crippen molar-refractivity contribution in [1.82, 2.24) is 9.88 Å². The van der Waals surface area contributed by atoms with Crippen LogP contribution < -0.4 is 5.73 Å². The van der Waals surface area contributed by atoms with Gasteiger partial charge in [0.15, 0.2) is 5.84 Å². The molecule has 6 heteroatoms. The molecule has 0 saturated carbocycles. The summed E-state index contributed by atoms with van der Waals surface area (Å²) in [5.41, 5.74) is 6.72. The largest absolute Gasteiger partial charge is 0.409 e. The number of aromatic nitrogens is 1. The summed E-state index contributed by atoms with van der Waals surface area (Å²) >= 11 is 1.66. The fourth-order valence-electron chi connectivity index (χ4n) is 2.07. The predicted molar refractivity (Wildman–Crippen MR) is 63.7 cm³/mol. The molecule has 1 aromatic rings. The molecule has 1 aliphatic heterocycles. The van der Waals surface area contributed by atoms with E-state index < -0.39 is 0 Å². The Balaban J connectivity index is 2.04. The van der Waals surface area contributed by atoms with Crippen LogP contribution in [0.4, 0.5) is 0 Å². The van der Waals surface area contributed by atoms with E-state index in [2.05, 4.69) is 15.0 Å². The SMILES string of the molecule is Cc1csc(CN2CCCC2C(N)=NO)n1. The Morgan fingerprint density at radius 3 is 3.25 bits per heavy atom. The van der Waals surface area contributed by atoms with Gasteiger partial charge in [-0.2, -0.15) is 0 Å². The lowest BCUT2D eigenvalue weighted by Crippen LogP contribution is -2.40. The van der Waals surface area contributed by atoms with Crippen molar-refractivity contribution < 1.29 is 5.21 Å². The molecule has 0 radical (unpaired) electrons. The molecule has 1 saturated heterocycles. The highest BCUT2D eigenvalue weighted by atomic mass is 32.1. The average Bonchev–Trinajstić information content (AvgIpc) is 2.87. The smallest absolute Gasteiger partial charge is 0.156 e. The van der Waals surface area contributed by atoms with Crippen LogP contribution in [0.5, 0.6) is 0 Å². The quantitative estimate of drug-likeness (QED) is 0.360.